The van der Waals surface area contributed by atoms with E-state index in [1.54, 1.807) is 0 Å². The number of sulfonamides is 1. The van der Waals surface area contributed by atoms with Gasteiger partial charge < -0.3 is 4.74 Å². The van der Waals surface area contributed by atoms with E-state index in [2.05, 4.69) is 0 Å². The first-order valence-corrected chi connectivity index (χ1v) is 10.7. The Morgan fingerprint density at radius 2 is 1.79 bits per heavy atom. The van der Waals surface area contributed by atoms with Gasteiger partial charge in [0.25, 0.3) is 0 Å². The van der Waals surface area contributed by atoms with E-state index in [0.717, 1.165) is 20.0 Å². The maximum Gasteiger partial charge on any atom is 0.338 e. The zero-order valence-corrected chi connectivity index (χ0v) is 17.3. The van der Waals surface area contributed by atoms with Gasteiger partial charge in [-0.05, 0) is 42.1 Å². The number of esters is 1. The lowest BCUT2D eigenvalue weighted by Gasteiger charge is -2.12. The Bertz CT molecular complexity index is 1160. The fourth-order valence-electron chi connectivity index (χ4n) is 2.71. The van der Waals surface area contributed by atoms with E-state index < -0.39 is 22.6 Å². The van der Waals surface area contributed by atoms with Crippen molar-refractivity contribution >= 4 is 43.2 Å². The first kappa shape index (κ1) is 20.2. The minimum Gasteiger partial charge on any atom is -0.454 e. The van der Waals surface area contributed by atoms with Crippen LogP contribution in [0.25, 0.3) is 10.1 Å². The number of nitrogens with zero attached hydrogens (tertiary/aromatic N) is 1. The molecule has 0 atom stereocenters. The number of hydrogen-bond acceptors (Lipinski definition) is 6. The Kier molecular flexibility index (Phi) is 5.64. The Labute approximate surface area is 167 Å². The molecule has 0 fully saturated rings. The van der Waals surface area contributed by atoms with Crippen LogP contribution in [-0.2, 0) is 14.8 Å². The minimum absolute atomic E-state index is 0.0152. The molecule has 6 nitrogen and oxygen atoms in total. The molecule has 28 heavy (non-hydrogen) atoms. The Hall–Kier alpha value is -2.55. The number of rotatable bonds is 6. The molecule has 1 aromatic heterocycles. The summed E-state index contributed by atoms with van der Waals surface area (Å²) in [6, 6.07) is 13.3. The van der Waals surface area contributed by atoms with Crippen LogP contribution in [0.5, 0.6) is 0 Å². The smallest absolute Gasteiger partial charge is 0.338 e. The van der Waals surface area contributed by atoms with Gasteiger partial charge in [0.05, 0.1) is 15.3 Å². The topological polar surface area (TPSA) is 80.8 Å². The maximum atomic E-state index is 12.5. The molecule has 0 unspecified atom stereocenters. The van der Waals surface area contributed by atoms with Crippen LogP contribution in [0.1, 0.15) is 25.6 Å². The van der Waals surface area contributed by atoms with Crippen LogP contribution < -0.4 is 0 Å². The number of ether oxygens (including phenoxy) is 1. The molecule has 2 aromatic carbocycles. The van der Waals surface area contributed by atoms with Gasteiger partial charge in [-0.1, -0.05) is 24.3 Å². The summed E-state index contributed by atoms with van der Waals surface area (Å²) >= 11 is 1.36. The molecule has 0 saturated heterocycles. The highest BCUT2D eigenvalue weighted by atomic mass is 32.2. The normalized spacial score (nSPS) is 11.7. The highest BCUT2D eigenvalue weighted by Crippen LogP contribution is 2.30. The summed E-state index contributed by atoms with van der Waals surface area (Å²) < 4.78 is 31.6. The second-order valence-electron chi connectivity index (χ2n) is 6.37. The van der Waals surface area contributed by atoms with E-state index in [4.69, 9.17) is 4.74 Å². The quantitative estimate of drug-likeness (QED) is 0.453. The van der Waals surface area contributed by atoms with E-state index in [1.807, 2.05) is 31.2 Å². The zero-order chi connectivity index (χ0) is 20.5. The molecule has 0 aliphatic carbocycles. The Balaban J connectivity index is 1.75. The lowest BCUT2D eigenvalue weighted by atomic mass is 10.1. The summed E-state index contributed by atoms with van der Waals surface area (Å²) in [7, 11) is -0.849. The van der Waals surface area contributed by atoms with Gasteiger partial charge in [0.15, 0.2) is 6.61 Å². The van der Waals surface area contributed by atoms with Crippen molar-refractivity contribution in [2.45, 2.75) is 11.8 Å². The molecule has 8 heteroatoms. The number of aryl methyl sites for hydroxylation is 1. The molecule has 0 aliphatic rings. The van der Waals surface area contributed by atoms with E-state index in [0.29, 0.717) is 4.88 Å². The molecule has 0 spiro atoms. The summed E-state index contributed by atoms with van der Waals surface area (Å²) in [5.41, 5.74) is 0.935. The highest BCUT2D eigenvalue weighted by molar-refractivity contribution is 7.89. The van der Waals surface area contributed by atoms with Gasteiger partial charge in [-0.3, -0.25) is 4.79 Å². The number of Topliss-reactive ketones (excluding diaryl/α,β-unsaturated/α-hetero) is 1. The zero-order valence-electron chi connectivity index (χ0n) is 15.6. The van der Waals surface area contributed by atoms with Gasteiger partial charge >= 0.3 is 5.97 Å². The van der Waals surface area contributed by atoms with Crippen molar-refractivity contribution in [3.05, 3.63) is 64.5 Å². The summed E-state index contributed by atoms with van der Waals surface area (Å²) in [6.07, 6.45) is 0. The number of benzene rings is 2. The third-order valence-corrected chi connectivity index (χ3v) is 7.40. The van der Waals surface area contributed by atoms with E-state index in [9.17, 15) is 18.0 Å². The van der Waals surface area contributed by atoms with Crippen molar-refractivity contribution in [3.63, 3.8) is 0 Å². The molecule has 0 amide bonds. The summed E-state index contributed by atoms with van der Waals surface area (Å²) in [4.78, 5) is 25.4. The van der Waals surface area contributed by atoms with Gasteiger partial charge in [-0.25, -0.2) is 17.5 Å². The molecule has 1 heterocycles. The first-order chi connectivity index (χ1) is 13.2. The van der Waals surface area contributed by atoms with Gasteiger partial charge in [0.2, 0.25) is 15.8 Å². The molecular formula is C20H19NO5S2. The Morgan fingerprint density at radius 3 is 2.46 bits per heavy atom. The molecule has 0 saturated carbocycles. The lowest BCUT2D eigenvalue weighted by Crippen LogP contribution is -2.22. The standard InChI is InChI=1S/C20H19NO5S2/c1-13-16-9-4-5-10-18(16)27-19(13)17(22)12-26-20(23)14-7-6-8-15(11-14)28(24,25)21(2)3/h4-11H,12H2,1-3H3. The molecular weight excluding hydrogens is 398 g/mol. The van der Waals surface area contributed by atoms with Crippen molar-refractivity contribution in [2.75, 3.05) is 20.7 Å². The van der Waals surface area contributed by atoms with Crippen molar-refractivity contribution in [3.8, 4) is 0 Å². The van der Waals surface area contributed by atoms with E-state index in [-0.39, 0.29) is 16.2 Å². The predicted octanol–water partition coefficient (Wildman–Crippen LogP) is 3.50. The molecule has 0 aliphatic heterocycles. The second-order valence-corrected chi connectivity index (χ2v) is 9.57. The van der Waals surface area contributed by atoms with E-state index in [1.165, 1.54) is 49.7 Å². The van der Waals surface area contributed by atoms with Gasteiger partial charge in [-0.15, -0.1) is 11.3 Å². The van der Waals surface area contributed by atoms with Crippen LogP contribution in [-0.4, -0.2) is 45.2 Å². The fourth-order valence-corrected chi connectivity index (χ4v) is 4.80. The van der Waals surface area contributed by atoms with Crippen LogP contribution in [0.15, 0.2) is 53.4 Å². The van der Waals surface area contributed by atoms with Crippen molar-refractivity contribution < 1.29 is 22.7 Å². The lowest BCUT2D eigenvalue weighted by molar-refractivity contribution is 0.0475. The van der Waals surface area contributed by atoms with Crippen LogP contribution in [0.3, 0.4) is 0 Å². The largest absolute Gasteiger partial charge is 0.454 e. The van der Waals surface area contributed by atoms with Gasteiger partial charge in [-0.2, -0.15) is 0 Å². The molecule has 0 N–H and O–H groups in total. The summed E-state index contributed by atoms with van der Waals surface area (Å²) in [5.74, 6) is -1.04. The molecule has 0 bridgehead atoms. The molecule has 3 rings (SSSR count). The average molecular weight is 418 g/mol. The number of carbonyl (C=O) groups excluding carboxylic acids is 2. The predicted molar refractivity (Wildman–Crippen MR) is 108 cm³/mol. The van der Waals surface area contributed by atoms with Crippen molar-refractivity contribution in [1.29, 1.82) is 0 Å². The third-order valence-electron chi connectivity index (χ3n) is 4.28. The van der Waals surface area contributed by atoms with Gasteiger partial charge in [0, 0.05) is 18.8 Å². The van der Waals surface area contributed by atoms with Crippen LogP contribution in [0.4, 0.5) is 0 Å². The summed E-state index contributed by atoms with van der Waals surface area (Å²) in [5, 5.41) is 1.00. The number of ketones is 1. The SMILES string of the molecule is Cc1c(C(=O)COC(=O)c2cccc(S(=O)(=O)N(C)C)c2)sc2ccccc12. The number of thiophene rings is 1. The summed E-state index contributed by atoms with van der Waals surface area (Å²) in [6.45, 7) is 1.46. The first-order valence-electron chi connectivity index (χ1n) is 8.43. The van der Waals surface area contributed by atoms with E-state index >= 15 is 0 Å². The number of fused-ring (bicyclic) bond motifs is 1. The van der Waals surface area contributed by atoms with Gasteiger partial charge in [0.1, 0.15) is 0 Å². The molecule has 3 aromatic rings. The maximum absolute atomic E-state index is 12.5. The van der Waals surface area contributed by atoms with Crippen LogP contribution >= 0.6 is 11.3 Å². The average Bonchev–Trinajstić information content (AvgIpc) is 3.03. The number of carbonyl (C=O) groups is 2. The fraction of sp³-hybridized carbons (Fsp3) is 0.200. The molecule has 146 valence electrons. The third kappa shape index (κ3) is 3.84. The van der Waals surface area contributed by atoms with Crippen LogP contribution in [0.2, 0.25) is 0 Å². The van der Waals surface area contributed by atoms with Crippen LogP contribution in [0, 0.1) is 6.92 Å². The highest BCUT2D eigenvalue weighted by Gasteiger charge is 2.21. The molecule has 0 radical (unpaired) electrons. The Morgan fingerprint density at radius 1 is 1.07 bits per heavy atom. The minimum atomic E-state index is -3.67. The van der Waals surface area contributed by atoms with Crippen molar-refractivity contribution in [2.24, 2.45) is 0 Å². The second kappa shape index (κ2) is 7.83. The monoisotopic (exact) mass is 417 g/mol. The number of hydrogen-bond donors (Lipinski definition) is 0. The van der Waals surface area contributed by atoms with Crippen molar-refractivity contribution in [1.82, 2.24) is 4.31 Å².